The van der Waals surface area contributed by atoms with Crippen LogP contribution in [0.5, 0.6) is 0 Å². The van der Waals surface area contributed by atoms with E-state index in [-0.39, 0.29) is 17.2 Å². The number of fused-ring (bicyclic) bond motifs is 1. The van der Waals surface area contributed by atoms with Crippen LogP contribution in [-0.4, -0.2) is 37.3 Å². The Hall–Kier alpha value is -2.12. The summed E-state index contributed by atoms with van der Waals surface area (Å²) in [6.07, 6.45) is 1.67. The molecule has 1 aromatic heterocycles. The van der Waals surface area contributed by atoms with Crippen molar-refractivity contribution in [3.8, 4) is 0 Å². The zero-order valence-electron chi connectivity index (χ0n) is 14.7. The highest BCUT2D eigenvalue weighted by molar-refractivity contribution is 9.10. The number of likely N-dealkylation sites (N-methyl/N-ethyl adjacent to an activating group) is 1. The zero-order valence-corrected chi connectivity index (χ0v) is 17.1. The second kappa shape index (κ2) is 6.89. The SMILES string of the molecule is Cc1ccc(S(=O)(=O)n2cc(Br)c3cccc(CC(=O)N(C)C)c32)cc1. The lowest BCUT2D eigenvalue weighted by molar-refractivity contribution is -0.127. The molecule has 0 saturated heterocycles. The van der Waals surface area contributed by atoms with Gasteiger partial charge in [-0.15, -0.1) is 0 Å². The van der Waals surface area contributed by atoms with Crippen LogP contribution in [-0.2, 0) is 21.2 Å². The van der Waals surface area contributed by atoms with Crippen molar-refractivity contribution in [3.63, 3.8) is 0 Å². The van der Waals surface area contributed by atoms with Crippen molar-refractivity contribution in [2.24, 2.45) is 0 Å². The van der Waals surface area contributed by atoms with Crippen molar-refractivity contribution < 1.29 is 13.2 Å². The molecule has 0 fully saturated rings. The molecule has 0 aliphatic rings. The maximum Gasteiger partial charge on any atom is 0.268 e. The Balaban J connectivity index is 2.23. The highest BCUT2D eigenvalue weighted by atomic mass is 79.9. The van der Waals surface area contributed by atoms with Crippen LogP contribution in [0.2, 0.25) is 0 Å². The number of rotatable bonds is 4. The Morgan fingerprint density at radius 1 is 1.12 bits per heavy atom. The first-order valence-corrected chi connectivity index (χ1v) is 10.3. The average molecular weight is 435 g/mol. The van der Waals surface area contributed by atoms with Gasteiger partial charge in [-0.2, -0.15) is 0 Å². The summed E-state index contributed by atoms with van der Waals surface area (Å²) in [4.78, 5) is 13.9. The molecule has 0 N–H and O–H groups in total. The Morgan fingerprint density at radius 2 is 1.77 bits per heavy atom. The Labute approximate surface area is 161 Å². The summed E-state index contributed by atoms with van der Waals surface area (Å²) in [5.74, 6) is -0.0888. The van der Waals surface area contributed by atoms with E-state index in [9.17, 15) is 13.2 Å². The van der Waals surface area contributed by atoms with Crippen LogP contribution in [0, 0.1) is 6.92 Å². The van der Waals surface area contributed by atoms with Crippen molar-refractivity contribution in [2.45, 2.75) is 18.2 Å². The van der Waals surface area contributed by atoms with Gasteiger partial charge in [0.05, 0.1) is 16.8 Å². The van der Waals surface area contributed by atoms with Gasteiger partial charge in [-0.1, -0.05) is 35.9 Å². The van der Waals surface area contributed by atoms with E-state index in [0.29, 0.717) is 15.6 Å². The fraction of sp³-hybridized carbons (Fsp3) is 0.211. The third kappa shape index (κ3) is 3.29. The van der Waals surface area contributed by atoms with E-state index in [1.54, 1.807) is 50.6 Å². The molecule has 3 aromatic rings. The van der Waals surface area contributed by atoms with Gasteiger partial charge in [-0.25, -0.2) is 12.4 Å². The summed E-state index contributed by atoms with van der Waals surface area (Å²) in [6, 6.07) is 12.2. The number of aryl methyl sites for hydroxylation is 1. The molecule has 0 unspecified atom stereocenters. The molecule has 5 nitrogen and oxygen atoms in total. The molecule has 0 aliphatic heterocycles. The van der Waals surface area contributed by atoms with E-state index in [4.69, 9.17) is 0 Å². The molecule has 3 rings (SSSR count). The minimum atomic E-state index is -3.78. The summed E-state index contributed by atoms with van der Waals surface area (Å²) in [5, 5.41) is 0.754. The number of para-hydroxylation sites is 1. The maximum absolute atomic E-state index is 13.2. The highest BCUT2D eigenvalue weighted by Gasteiger charge is 2.23. The molecule has 136 valence electrons. The molecule has 0 aliphatic carbocycles. The van der Waals surface area contributed by atoms with Crippen molar-refractivity contribution in [2.75, 3.05) is 14.1 Å². The van der Waals surface area contributed by atoms with E-state index < -0.39 is 10.0 Å². The number of nitrogens with zero attached hydrogens (tertiary/aromatic N) is 2. The van der Waals surface area contributed by atoms with Gasteiger partial charge in [0.15, 0.2) is 0 Å². The number of hydrogen-bond acceptors (Lipinski definition) is 3. The summed E-state index contributed by atoms with van der Waals surface area (Å²) < 4.78 is 28.3. The molecule has 1 amide bonds. The number of carbonyl (C=O) groups excluding carboxylic acids is 1. The van der Waals surface area contributed by atoms with Gasteiger partial charge in [-0.3, -0.25) is 4.79 Å². The van der Waals surface area contributed by atoms with E-state index in [1.807, 2.05) is 19.1 Å². The normalized spacial score (nSPS) is 11.7. The van der Waals surface area contributed by atoms with Crippen LogP contribution in [0.15, 0.2) is 58.0 Å². The van der Waals surface area contributed by atoms with Gasteiger partial charge in [0, 0.05) is 30.2 Å². The van der Waals surface area contributed by atoms with E-state index >= 15 is 0 Å². The summed E-state index contributed by atoms with van der Waals surface area (Å²) in [5.41, 5.74) is 2.18. The topological polar surface area (TPSA) is 59.4 Å². The van der Waals surface area contributed by atoms with Crippen molar-refractivity contribution in [3.05, 3.63) is 64.3 Å². The summed E-state index contributed by atoms with van der Waals surface area (Å²) >= 11 is 3.44. The number of aromatic nitrogens is 1. The smallest absolute Gasteiger partial charge is 0.268 e. The van der Waals surface area contributed by atoms with Crippen LogP contribution >= 0.6 is 15.9 Å². The van der Waals surface area contributed by atoms with Gasteiger partial charge in [-0.05, 0) is 40.5 Å². The first-order valence-electron chi connectivity index (χ1n) is 8.02. The molecule has 0 bridgehead atoms. The lowest BCUT2D eigenvalue weighted by Gasteiger charge is -2.13. The lowest BCUT2D eigenvalue weighted by atomic mass is 10.1. The van der Waals surface area contributed by atoms with Crippen molar-refractivity contribution >= 4 is 42.8 Å². The lowest BCUT2D eigenvalue weighted by Crippen LogP contribution is -2.24. The van der Waals surface area contributed by atoms with Crippen molar-refractivity contribution in [1.29, 1.82) is 0 Å². The number of carbonyl (C=O) groups is 1. The first kappa shape index (κ1) is 18.7. The molecule has 0 radical (unpaired) electrons. The quantitative estimate of drug-likeness (QED) is 0.630. The predicted octanol–water partition coefficient (Wildman–Crippen LogP) is 3.58. The van der Waals surface area contributed by atoms with Crippen LogP contribution in [0.1, 0.15) is 11.1 Å². The largest absolute Gasteiger partial charge is 0.349 e. The van der Waals surface area contributed by atoms with Crippen LogP contribution in [0.4, 0.5) is 0 Å². The van der Waals surface area contributed by atoms with Gasteiger partial charge >= 0.3 is 0 Å². The standard InChI is InChI=1S/C19H19BrN2O3S/c1-13-7-9-15(10-8-13)26(24,25)22-12-17(20)16-6-4-5-14(19(16)22)11-18(23)21(2)3/h4-10,12H,11H2,1-3H3. The molecular formula is C19H19BrN2O3S. The van der Waals surface area contributed by atoms with E-state index in [0.717, 1.165) is 10.9 Å². The second-order valence-electron chi connectivity index (χ2n) is 6.37. The average Bonchev–Trinajstić information content (AvgIpc) is 2.94. The molecular weight excluding hydrogens is 416 g/mol. The van der Waals surface area contributed by atoms with E-state index in [1.165, 1.54) is 8.87 Å². The van der Waals surface area contributed by atoms with Crippen molar-refractivity contribution in [1.82, 2.24) is 8.87 Å². The number of hydrogen-bond donors (Lipinski definition) is 0. The minimum Gasteiger partial charge on any atom is -0.349 e. The van der Waals surface area contributed by atoms with Gasteiger partial charge in [0.1, 0.15) is 0 Å². The fourth-order valence-corrected chi connectivity index (χ4v) is 4.83. The monoisotopic (exact) mass is 434 g/mol. The highest BCUT2D eigenvalue weighted by Crippen LogP contribution is 2.32. The molecule has 0 spiro atoms. The second-order valence-corrected chi connectivity index (χ2v) is 9.04. The summed E-state index contributed by atoms with van der Waals surface area (Å²) in [6.45, 7) is 1.91. The van der Waals surface area contributed by atoms with Gasteiger partial charge in [0.2, 0.25) is 5.91 Å². The molecule has 0 atom stereocenters. The number of halogens is 1. The molecule has 7 heteroatoms. The Kier molecular flexibility index (Phi) is 4.94. The third-order valence-electron chi connectivity index (χ3n) is 4.25. The van der Waals surface area contributed by atoms with Crippen LogP contribution < -0.4 is 0 Å². The maximum atomic E-state index is 13.2. The predicted molar refractivity (Wildman–Crippen MR) is 106 cm³/mol. The number of benzene rings is 2. The third-order valence-corrected chi connectivity index (χ3v) is 6.55. The zero-order chi connectivity index (χ0) is 19.1. The van der Waals surface area contributed by atoms with Crippen LogP contribution in [0.3, 0.4) is 0 Å². The summed E-state index contributed by atoms with van der Waals surface area (Å²) in [7, 11) is -0.416. The first-order chi connectivity index (χ1) is 12.2. The molecule has 2 aromatic carbocycles. The minimum absolute atomic E-state index is 0.0888. The fourth-order valence-electron chi connectivity index (χ4n) is 2.76. The molecule has 26 heavy (non-hydrogen) atoms. The van der Waals surface area contributed by atoms with Gasteiger partial charge in [0.25, 0.3) is 10.0 Å². The Bertz CT molecular complexity index is 1080. The molecule has 0 saturated carbocycles. The Morgan fingerprint density at radius 3 is 2.38 bits per heavy atom. The van der Waals surface area contributed by atoms with Crippen LogP contribution in [0.25, 0.3) is 10.9 Å². The number of amides is 1. The van der Waals surface area contributed by atoms with E-state index in [2.05, 4.69) is 15.9 Å². The van der Waals surface area contributed by atoms with Gasteiger partial charge < -0.3 is 4.90 Å². The molecule has 1 heterocycles.